The maximum absolute atomic E-state index is 13.3. The van der Waals surface area contributed by atoms with E-state index < -0.39 is 40.9 Å². The Bertz CT molecular complexity index is 1350. The van der Waals surface area contributed by atoms with E-state index in [1.54, 1.807) is 0 Å². The molecule has 0 aliphatic carbocycles. The predicted molar refractivity (Wildman–Crippen MR) is 136 cm³/mol. The average Bonchev–Trinajstić information content (AvgIpc) is 3.23. The first-order valence-corrected chi connectivity index (χ1v) is 12.9. The number of benzene rings is 2. The van der Waals surface area contributed by atoms with Crippen molar-refractivity contribution in [2.75, 3.05) is 18.4 Å². The van der Waals surface area contributed by atoms with Gasteiger partial charge in [-0.05, 0) is 49.2 Å². The summed E-state index contributed by atoms with van der Waals surface area (Å²) in [6, 6.07) is 8.19. The first-order chi connectivity index (χ1) is 18.3. The summed E-state index contributed by atoms with van der Waals surface area (Å²) in [5, 5.41) is 5.32. The zero-order chi connectivity index (χ0) is 28.5. The number of anilines is 1. The van der Waals surface area contributed by atoms with E-state index in [9.17, 15) is 35.9 Å². The summed E-state index contributed by atoms with van der Waals surface area (Å²) in [4.78, 5) is 29.3. The van der Waals surface area contributed by atoms with E-state index in [0.29, 0.717) is 37.2 Å². The zero-order valence-corrected chi connectivity index (χ0v) is 21.8. The third-order valence-electron chi connectivity index (χ3n) is 6.46. The molecule has 2 heterocycles. The van der Waals surface area contributed by atoms with Gasteiger partial charge in [-0.25, -0.2) is 0 Å². The molecular weight excluding hydrogens is 544 g/mol. The second kappa shape index (κ2) is 11.0. The Morgan fingerprint density at radius 3 is 2.13 bits per heavy atom. The normalized spacial score (nSPS) is 14.2. The van der Waals surface area contributed by atoms with Crippen LogP contribution in [-0.2, 0) is 31.9 Å². The molecule has 4 rings (SSSR count). The molecule has 0 fully saturated rings. The summed E-state index contributed by atoms with van der Waals surface area (Å²) in [5.41, 5.74) is -1.24. The van der Waals surface area contributed by atoms with Crippen LogP contribution < -0.4 is 10.6 Å². The number of thiophene rings is 1. The highest BCUT2D eigenvalue weighted by Crippen LogP contribution is 2.39. The molecule has 0 saturated heterocycles. The van der Waals surface area contributed by atoms with E-state index in [-0.39, 0.29) is 23.2 Å². The molecule has 0 spiro atoms. The smallest absolute Gasteiger partial charge is 0.348 e. The number of fused-ring (bicyclic) bond motifs is 1. The van der Waals surface area contributed by atoms with Gasteiger partial charge < -0.3 is 10.6 Å². The van der Waals surface area contributed by atoms with E-state index in [2.05, 4.69) is 15.5 Å². The molecule has 1 aromatic heterocycles. The number of nitrogens with one attached hydrogen (secondary N) is 2. The number of aryl methyl sites for hydroxylation is 1. The van der Waals surface area contributed by atoms with E-state index >= 15 is 0 Å². The molecule has 0 saturated carbocycles. The average molecular weight is 570 g/mol. The second-order valence-corrected chi connectivity index (χ2v) is 10.3. The van der Waals surface area contributed by atoms with Crippen molar-refractivity contribution in [1.29, 1.82) is 0 Å². The molecule has 1 aliphatic heterocycles. The maximum Gasteiger partial charge on any atom is 0.416 e. The van der Waals surface area contributed by atoms with Crippen LogP contribution in [0, 0.1) is 6.92 Å². The van der Waals surface area contributed by atoms with Crippen LogP contribution in [0.1, 0.15) is 60.3 Å². The van der Waals surface area contributed by atoms with Crippen LogP contribution >= 0.6 is 11.3 Å². The number of likely N-dealkylation sites (N-methyl/N-ethyl adjacent to an activating group) is 1. The van der Waals surface area contributed by atoms with Crippen LogP contribution in [-0.4, -0.2) is 29.8 Å². The summed E-state index contributed by atoms with van der Waals surface area (Å²) >= 11 is 1.10. The Balaban J connectivity index is 1.67. The monoisotopic (exact) mass is 569 g/mol. The maximum atomic E-state index is 13.3. The number of carbonyl (C=O) groups excluding carboxylic acids is 2. The molecule has 208 valence electrons. The zero-order valence-electron chi connectivity index (χ0n) is 21.0. The minimum absolute atomic E-state index is 0.0378. The Morgan fingerprint density at radius 1 is 0.949 bits per heavy atom. The highest BCUT2D eigenvalue weighted by molar-refractivity contribution is 7.17. The van der Waals surface area contributed by atoms with Crippen molar-refractivity contribution in [2.45, 2.75) is 45.7 Å². The second-order valence-electron chi connectivity index (χ2n) is 9.24. The van der Waals surface area contributed by atoms with Gasteiger partial charge in [0.15, 0.2) is 0 Å². The van der Waals surface area contributed by atoms with Crippen LogP contribution in [0.25, 0.3) is 0 Å². The third kappa shape index (κ3) is 6.62. The summed E-state index contributed by atoms with van der Waals surface area (Å²) in [5.74, 6) is -1.67. The first-order valence-electron chi connectivity index (χ1n) is 12.1. The Morgan fingerprint density at radius 2 is 1.56 bits per heavy atom. The first kappa shape index (κ1) is 28.6. The van der Waals surface area contributed by atoms with Gasteiger partial charge in [-0.15, -0.1) is 11.3 Å². The lowest BCUT2D eigenvalue weighted by Gasteiger charge is -2.25. The molecule has 0 atom stereocenters. The number of carbonyl (C=O) groups is 2. The number of alkyl halides is 6. The van der Waals surface area contributed by atoms with Crippen molar-refractivity contribution in [2.24, 2.45) is 0 Å². The topological polar surface area (TPSA) is 61.4 Å². The van der Waals surface area contributed by atoms with Crippen molar-refractivity contribution in [3.8, 4) is 0 Å². The Kier molecular flexibility index (Phi) is 8.08. The molecule has 0 radical (unpaired) electrons. The van der Waals surface area contributed by atoms with Crippen LogP contribution in [0.4, 0.5) is 31.3 Å². The standard InChI is InChI=1S/C27H25F6N3O2S/c1-3-36-9-8-20-21(14-36)39-25(22(20)24(38)34-13-16-6-4-15(2)5-7-16)35-23(37)17-10-18(26(28,29)30)12-19(11-17)27(31,32)33/h4-7,10-12H,3,8-9,13-14H2,1-2H3,(H,34,38)(H,35,37). The lowest BCUT2D eigenvalue weighted by atomic mass is 10.0. The SMILES string of the molecule is CCN1CCc2c(sc(NC(=O)c3cc(C(F)(F)F)cc(C(F)(F)F)c3)c2C(=O)NCc2ccc(C)cc2)C1. The van der Waals surface area contributed by atoms with Crippen LogP contribution in [0.2, 0.25) is 0 Å². The van der Waals surface area contributed by atoms with Crippen molar-refractivity contribution < 1.29 is 35.9 Å². The molecule has 2 aromatic carbocycles. The lowest BCUT2D eigenvalue weighted by molar-refractivity contribution is -0.143. The largest absolute Gasteiger partial charge is 0.416 e. The quantitative estimate of drug-likeness (QED) is 0.327. The van der Waals surface area contributed by atoms with Crippen LogP contribution in [0.15, 0.2) is 42.5 Å². The molecular formula is C27H25F6N3O2S. The fraction of sp³-hybridized carbons (Fsp3) is 0.333. The van der Waals surface area contributed by atoms with Crippen LogP contribution in [0.5, 0.6) is 0 Å². The third-order valence-corrected chi connectivity index (χ3v) is 7.59. The summed E-state index contributed by atoms with van der Waals surface area (Å²) in [6.45, 7) is 6.01. The van der Waals surface area contributed by atoms with Gasteiger partial charge in [-0.3, -0.25) is 14.5 Å². The minimum atomic E-state index is -5.09. The highest BCUT2D eigenvalue weighted by atomic mass is 32.1. The molecule has 0 unspecified atom stereocenters. The molecule has 1 aliphatic rings. The van der Waals surface area contributed by atoms with Gasteiger partial charge >= 0.3 is 12.4 Å². The number of halogens is 6. The van der Waals surface area contributed by atoms with Gasteiger partial charge in [0.25, 0.3) is 11.8 Å². The predicted octanol–water partition coefficient (Wildman–Crippen LogP) is 6.65. The molecule has 12 heteroatoms. The van der Waals surface area contributed by atoms with Gasteiger partial charge in [0.2, 0.25) is 0 Å². The van der Waals surface area contributed by atoms with Gasteiger partial charge in [0, 0.05) is 30.1 Å². The van der Waals surface area contributed by atoms with Gasteiger partial charge in [0.05, 0.1) is 16.7 Å². The molecule has 0 bridgehead atoms. The molecule has 2 amide bonds. The minimum Gasteiger partial charge on any atom is -0.348 e. The number of amides is 2. The number of hydrogen-bond acceptors (Lipinski definition) is 4. The highest BCUT2D eigenvalue weighted by Gasteiger charge is 2.38. The summed E-state index contributed by atoms with van der Waals surface area (Å²) < 4.78 is 79.9. The number of nitrogens with zero attached hydrogens (tertiary/aromatic N) is 1. The molecule has 3 aromatic rings. The van der Waals surface area contributed by atoms with Crippen molar-refractivity contribution in [1.82, 2.24) is 10.2 Å². The fourth-order valence-corrected chi connectivity index (χ4v) is 5.58. The molecule has 5 nitrogen and oxygen atoms in total. The summed E-state index contributed by atoms with van der Waals surface area (Å²) in [7, 11) is 0. The van der Waals surface area contributed by atoms with Crippen molar-refractivity contribution in [3.05, 3.63) is 86.3 Å². The Labute approximate surface area is 224 Å². The lowest BCUT2D eigenvalue weighted by Crippen LogP contribution is -2.31. The number of hydrogen-bond donors (Lipinski definition) is 2. The van der Waals surface area contributed by atoms with E-state index in [1.165, 1.54) is 0 Å². The van der Waals surface area contributed by atoms with E-state index in [0.717, 1.165) is 33.9 Å². The molecule has 2 N–H and O–H groups in total. The summed E-state index contributed by atoms with van der Waals surface area (Å²) in [6.07, 6.45) is -9.68. The fourth-order valence-electron chi connectivity index (χ4n) is 4.29. The number of rotatable bonds is 6. The van der Waals surface area contributed by atoms with Crippen molar-refractivity contribution in [3.63, 3.8) is 0 Å². The van der Waals surface area contributed by atoms with Gasteiger partial charge in [-0.1, -0.05) is 36.8 Å². The van der Waals surface area contributed by atoms with Crippen molar-refractivity contribution >= 4 is 28.2 Å². The van der Waals surface area contributed by atoms with E-state index in [1.807, 2.05) is 38.1 Å². The Hall–Kier alpha value is -3.38. The molecule has 39 heavy (non-hydrogen) atoms. The van der Waals surface area contributed by atoms with Gasteiger partial charge in [0.1, 0.15) is 5.00 Å². The van der Waals surface area contributed by atoms with Gasteiger partial charge in [-0.2, -0.15) is 26.3 Å². The van der Waals surface area contributed by atoms with E-state index in [4.69, 9.17) is 0 Å². The van der Waals surface area contributed by atoms with Crippen LogP contribution in [0.3, 0.4) is 0 Å².